The van der Waals surface area contributed by atoms with Gasteiger partial charge in [-0.25, -0.2) is 4.39 Å². The van der Waals surface area contributed by atoms with Crippen LogP contribution in [0.2, 0.25) is 0 Å². The Morgan fingerprint density at radius 1 is 1.48 bits per heavy atom. The van der Waals surface area contributed by atoms with Gasteiger partial charge in [-0.1, -0.05) is 6.92 Å². The number of hydrogen-bond donors (Lipinski definition) is 2. The predicted octanol–water partition coefficient (Wildman–Crippen LogP) is 1.46. The average Bonchev–Trinajstić information content (AvgIpc) is 2.46. The number of nitrogens with zero attached hydrogens (tertiary/aromatic N) is 2. The topological polar surface area (TPSA) is 87.5 Å². The van der Waals surface area contributed by atoms with E-state index < -0.39 is 22.3 Å². The first-order valence-corrected chi connectivity index (χ1v) is 6.53. The summed E-state index contributed by atoms with van der Waals surface area (Å²) in [7, 11) is 3.37. The molecule has 0 saturated heterocycles. The van der Waals surface area contributed by atoms with Gasteiger partial charge in [0.15, 0.2) is 5.82 Å². The molecule has 0 aliphatic rings. The van der Waals surface area contributed by atoms with Gasteiger partial charge in [0.2, 0.25) is 0 Å². The highest BCUT2D eigenvalue weighted by atomic mass is 19.1. The van der Waals surface area contributed by atoms with Crippen LogP contribution in [0.3, 0.4) is 0 Å². The Balaban J connectivity index is 2.94. The molecule has 1 rings (SSSR count). The minimum atomic E-state index is -0.772. The van der Waals surface area contributed by atoms with Crippen LogP contribution in [-0.2, 0) is 0 Å². The summed E-state index contributed by atoms with van der Waals surface area (Å²) >= 11 is 0. The first-order chi connectivity index (χ1) is 9.90. The van der Waals surface area contributed by atoms with E-state index in [-0.39, 0.29) is 11.3 Å². The molecule has 21 heavy (non-hydrogen) atoms. The van der Waals surface area contributed by atoms with Gasteiger partial charge in [0.1, 0.15) is 5.56 Å². The lowest BCUT2D eigenvalue weighted by Crippen LogP contribution is -2.33. The van der Waals surface area contributed by atoms with Crippen LogP contribution in [0.1, 0.15) is 17.3 Å². The maximum atomic E-state index is 13.6. The van der Waals surface area contributed by atoms with E-state index in [0.29, 0.717) is 13.1 Å². The second kappa shape index (κ2) is 7.53. The van der Waals surface area contributed by atoms with Gasteiger partial charge < -0.3 is 15.5 Å². The molecule has 1 amide bonds. The van der Waals surface area contributed by atoms with E-state index in [1.165, 1.54) is 7.05 Å². The minimum absolute atomic E-state index is 0.0384. The third-order valence-electron chi connectivity index (χ3n) is 3.11. The second-order valence-electron chi connectivity index (χ2n) is 4.51. The molecule has 116 valence electrons. The Bertz CT molecular complexity index is 536. The van der Waals surface area contributed by atoms with Crippen molar-refractivity contribution in [3.05, 3.63) is 33.6 Å². The lowest BCUT2D eigenvalue weighted by atomic mass is 10.1. The van der Waals surface area contributed by atoms with Gasteiger partial charge in [0, 0.05) is 20.1 Å². The normalized spacial score (nSPS) is 10.5. The van der Waals surface area contributed by atoms with Crippen LogP contribution in [0.4, 0.5) is 15.8 Å². The van der Waals surface area contributed by atoms with E-state index in [4.69, 9.17) is 0 Å². The quantitative estimate of drug-likeness (QED) is 0.588. The number of halogens is 1. The number of benzene rings is 1. The van der Waals surface area contributed by atoms with Crippen molar-refractivity contribution in [2.75, 3.05) is 39.0 Å². The Hall–Kier alpha value is -2.22. The molecule has 2 N–H and O–H groups in total. The van der Waals surface area contributed by atoms with Crippen molar-refractivity contribution in [1.29, 1.82) is 0 Å². The molecule has 0 fully saturated rings. The molecule has 0 radical (unpaired) electrons. The number of nitro groups is 1. The summed E-state index contributed by atoms with van der Waals surface area (Å²) in [5, 5.41) is 16.1. The van der Waals surface area contributed by atoms with E-state index in [0.717, 1.165) is 18.7 Å². The van der Waals surface area contributed by atoms with Crippen molar-refractivity contribution >= 4 is 17.3 Å². The average molecular weight is 298 g/mol. The maximum absolute atomic E-state index is 13.6. The lowest BCUT2D eigenvalue weighted by Gasteiger charge is -2.14. The van der Waals surface area contributed by atoms with Crippen LogP contribution >= 0.6 is 0 Å². The largest absolute Gasteiger partial charge is 0.386 e. The molecule has 8 heteroatoms. The van der Waals surface area contributed by atoms with Crippen molar-refractivity contribution in [1.82, 2.24) is 10.2 Å². The van der Waals surface area contributed by atoms with Crippen LogP contribution in [0, 0.1) is 15.9 Å². The Kier molecular flexibility index (Phi) is 6.04. The molecule has 0 aliphatic carbocycles. The summed E-state index contributed by atoms with van der Waals surface area (Å²) in [6.45, 7) is 3.78. The highest BCUT2D eigenvalue weighted by molar-refractivity contribution is 5.99. The lowest BCUT2D eigenvalue weighted by molar-refractivity contribution is -0.385. The Morgan fingerprint density at radius 2 is 2.14 bits per heavy atom. The standard InChI is InChI=1S/C13H19FN4O3/c1-4-17(3)6-5-16-13(19)9-7-11(15-2)10(14)8-12(9)18(20)21/h7-8,15H,4-6H2,1-3H3,(H,16,19). The van der Waals surface area contributed by atoms with E-state index in [2.05, 4.69) is 10.6 Å². The van der Waals surface area contributed by atoms with Crippen molar-refractivity contribution in [3.63, 3.8) is 0 Å². The molecule has 1 aromatic carbocycles. The molecule has 7 nitrogen and oxygen atoms in total. The van der Waals surface area contributed by atoms with Gasteiger partial charge in [-0.2, -0.15) is 0 Å². The van der Waals surface area contributed by atoms with Crippen molar-refractivity contribution in [2.24, 2.45) is 0 Å². The number of nitrogens with one attached hydrogen (secondary N) is 2. The van der Waals surface area contributed by atoms with Crippen molar-refractivity contribution in [2.45, 2.75) is 6.92 Å². The third kappa shape index (κ3) is 4.38. The van der Waals surface area contributed by atoms with Crippen molar-refractivity contribution in [3.8, 4) is 0 Å². The number of likely N-dealkylation sites (N-methyl/N-ethyl adjacent to an activating group) is 1. The van der Waals surface area contributed by atoms with E-state index in [1.54, 1.807) is 0 Å². The predicted molar refractivity (Wildman–Crippen MR) is 78.1 cm³/mol. The van der Waals surface area contributed by atoms with Gasteiger partial charge in [-0.3, -0.25) is 14.9 Å². The summed E-state index contributed by atoms with van der Waals surface area (Å²) in [5.74, 6) is -1.37. The van der Waals surface area contributed by atoms with Gasteiger partial charge in [-0.05, 0) is 19.7 Å². The van der Waals surface area contributed by atoms with E-state index >= 15 is 0 Å². The fraction of sp³-hybridized carbons (Fsp3) is 0.462. The Labute approximate surface area is 122 Å². The van der Waals surface area contributed by atoms with Crippen LogP contribution in [0.25, 0.3) is 0 Å². The first-order valence-electron chi connectivity index (χ1n) is 6.53. The molecule has 0 aromatic heterocycles. The maximum Gasteiger partial charge on any atom is 0.285 e. The number of anilines is 1. The summed E-state index contributed by atoms with van der Waals surface area (Å²) in [4.78, 5) is 24.2. The molecular weight excluding hydrogens is 279 g/mol. The zero-order chi connectivity index (χ0) is 16.0. The molecule has 0 bridgehead atoms. The SMILES string of the molecule is CCN(C)CCNC(=O)c1cc(NC)c(F)cc1[N+](=O)[O-]. The summed E-state index contributed by atoms with van der Waals surface area (Å²) in [6, 6.07) is 1.89. The second-order valence-corrected chi connectivity index (χ2v) is 4.51. The molecular formula is C13H19FN4O3. The zero-order valence-corrected chi connectivity index (χ0v) is 12.3. The fourth-order valence-electron chi connectivity index (χ4n) is 1.70. The minimum Gasteiger partial charge on any atom is -0.386 e. The third-order valence-corrected chi connectivity index (χ3v) is 3.11. The molecule has 0 spiro atoms. The number of carbonyl (C=O) groups excluding carboxylic acids is 1. The summed E-state index contributed by atoms with van der Waals surface area (Å²) < 4.78 is 13.6. The van der Waals surface area contributed by atoms with E-state index in [9.17, 15) is 19.3 Å². The zero-order valence-electron chi connectivity index (χ0n) is 12.3. The van der Waals surface area contributed by atoms with Crippen LogP contribution < -0.4 is 10.6 Å². The van der Waals surface area contributed by atoms with Gasteiger partial charge in [0.05, 0.1) is 16.7 Å². The smallest absolute Gasteiger partial charge is 0.285 e. The number of rotatable bonds is 7. The number of hydrogen-bond acceptors (Lipinski definition) is 5. The molecule has 0 aliphatic heterocycles. The monoisotopic (exact) mass is 298 g/mol. The molecule has 0 atom stereocenters. The Morgan fingerprint density at radius 3 is 2.67 bits per heavy atom. The molecule has 0 saturated carbocycles. The van der Waals surface area contributed by atoms with Gasteiger partial charge in [0.25, 0.3) is 11.6 Å². The number of amides is 1. The van der Waals surface area contributed by atoms with Crippen LogP contribution in [-0.4, -0.2) is 49.5 Å². The number of carbonyl (C=O) groups is 1. The van der Waals surface area contributed by atoms with Gasteiger partial charge >= 0.3 is 0 Å². The van der Waals surface area contributed by atoms with Gasteiger partial charge in [-0.15, -0.1) is 0 Å². The molecule has 1 aromatic rings. The summed E-state index contributed by atoms with van der Waals surface area (Å²) in [6.07, 6.45) is 0. The van der Waals surface area contributed by atoms with Crippen molar-refractivity contribution < 1.29 is 14.1 Å². The molecule has 0 unspecified atom stereocenters. The number of nitro benzene ring substituents is 1. The van der Waals surface area contributed by atoms with Crippen LogP contribution in [0.5, 0.6) is 0 Å². The molecule has 0 heterocycles. The van der Waals surface area contributed by atoms with Crippen LogP contribution in [0.15, 0.2) is 12.1 Å². The first kappa shape index (κ1) is 16.8. The highest BCUT2D eigenvalue weighted by Gasteiger charge is 2.23. The van der Waals surface area contributed by atoms with E-state index in [1.807, 2.05) is 18.9 Å². The highest BCUT2D eigenvalue weighted by Crippen LogP contribution is 2.25. The summed E-state index contributed by atoms with van der Waals surface area (Å²) in [5.41, 5.74) is -0.672. The fourth-order valence-corrected chi connectivity index (χ4v) is 1.70.